The number of aliphatic hydroxyl groups is 1. The van der Waals surface area contributed by atoms with Crippen molar-refractivity contribution >= 4 is 11.9 Å². The van der Waals surface area contributed by atoms with Crippen LogP contribution in [0.25, 0.3) is 11.1 Å². The first-order valence-electron chi connectivity index (χ1n) is 11.6. The minimum Gasteiger partial charge on any atom is -0.441 e. The molecule has 3 aromatic rings. The van der Waals surface area contributed by atoms with Crippen LogP contribution in [0.3, 0.4) is 0 Å². The lowest BCUT2D eigenvalue weighted by molar-refractivity contribution is 0.0821. The Morgan fingerprint density at radius 3 is 2.77 bits per heavy atom. The van der Waals surface area contributed by atoms with Crippen molar-refractivity contribution in [3.05, 3.63) is 65.9 Å². The van der Waals surface area contributed by atoms with E-state index in [4.69, 9.17) is 9.26 Å². The zero-order valence-electron chi connectivity index (χ0n) is 19.4. The predicted octanol–water partition coefficient (Wildman–Crippen LogP) is 3.37. The number of aliphatic hydroxyl groups excluding tert-OH is 1. The molecule has 5 rings (SSSR count). The number of benzene rings is 1. The third-order valence-corrected chi connectivity index (χ3v) is 6.84. The van der Waals surface area contributed by atoms with Crippen molar-refractivity contribution in [3.8, 4) is 11.1 Å². The second-order valence-corrected chi connectivity index (χ2v) is 9.32. The number of carbonyl (C=O) groups excluding carboxylic acids is 1. The highest BCUT2D eigenvalue weighted by molar-refractivity contribution is 5.68. The topological polar surface area (TPSA) is 113 Å². The molecule has 3 N–H and O–H groups in total. The highest BCUT2D eigenvalue weighted by Crippen LogP contribution is 2.49. The van der Waals surface area contributed by atoms with E-state index in [0.717, 1.165) is 49.3 Å². The average molecular weight is 482 g/mol. The molecule has 35 heavy (non-hydrogen) atoms. The fraction of sp³-hybridized carbons (Fsp3) is 0.400. The molecular weight excluding hydrogens is 453 g/mol. The van der Waals surface area contributed by atoms with Gasteiger partial charge in [0, 0.05) is 37.0 Å². The largest absolute Gasteiger partial charge is 0.441 e. The first-order valence-corrected chi connectivity index (χ1v) is 11.6. The van der Waals surface area contributed by atoms with Crippen molar-refractivity contribution in [2.24, 2.45) is 5.41 Å². The third kappa shape index (κ3) is 5.13. The Hall–Kier alpha value is -3.50. The number of alkyl carbamates (subject to hydrolysis) is 1. The monoisotopic (exact) mass is 481 g/mol. The van der Waals surface area contributed by atoms with Crippen molar-refractivity contribution in [2.45, 2.75) is 38.1 Å². The lowest BCUT2D eigenvalue weighted by Gasteiger charge is -2.45. The van der Waals surface area contributed by atoms with Gasteiger partial charge >= 0.3 is 6.09 Å². The van der Waals surface area contributed by atoms with Crippen LogP contribution in [0.5, 0.6) is 0 Å². The van der Waals surface area contributed by atoms with Crippen LogP contribution in [-0.4, -0.2) is 47.5 Å². The van der Waals surface area contributed by atoms with Crippen molar-refractivity contribution in [1.82, 2.24) is 20.8 Å². The lowest BCUT2D eigenvalue weighted by atomic mass is 9.65. The number of anilines is 1. The summed E-state index contributed by atoms with van der Waals surface area (Å²) in [4.78, 5) is 19.1. The summed E-state index contributed by atoms with van der Waals surface area (Å²) in [7, 11) is 1.60. The summed E-state index contributed by atoms with van der Waals surface area (Å²) >= 11 is 0. The molecule has 1 aliphatic heterocycles. The zero-order chi connectivity index (χ0) is 24.4. The SMILES string of the molecule is CNC(O)c1cc(COC(=O)NC2CC3(CCN(c4ccc(-c5ccc(F)cc5)cn4)C3)C2)on1. The second kappa shape index (κ2) is 9.63. The zero-order valence-corrected chi connectivity index (χ0v) is 19.4. The summed E-state index contributed by atoms with van der Waals surface area (Å²) in [6.07, 6.45) is 3.24. The first kappa shape index (κ1) is 23.3. The number of hydrogen-bond donors (Lipinski definition) is 3. The molecule has 1 unspecified atom stereocenters. The fourth-order valence-electron chi connectivity index (χ4n) is 4.96. The van der Waals surface area contributed by atoms with E-state index >= 15 is 0 Å². The molecule has 1 aromatic carbocycles. The summed E-state index contributed by atoms with van der Waals surface area (Å²) < 4.78 is 23.5. The maximum Gasteiger partial charge on any atom is 0.407 e. The number of nitrogens with one attached hydrogen (secondary N) is 2. The number of amides is 1. The van der Waals surface area contributed by atoms with E-state index in [0.29, 0.717) is 11.5 Å². The average Bonchev–Trinajstić information content (AvgIpc) is 3.51. The molecule has 10 heteroatoms. The number of carbonyl (C=O) groups is 1. The summed E-state index contributed by atoms with van der Waals surface area (Å²) in [5.41, 5.74) is 2.40. The van der Waals surface area contributed by atoms with Gasteiger partial charge in [0.25, 0.3) is 0 Å². The van der Waals surface area contributed by atoms with Gasteiger partial charge in [-0.1, -0.05) is 17.3 Å². The van der Waals surface area contributed by atoms with Crippen LogP contribution >= 0.6 is 0 Å². The second-order valence-electron chi connectivity index (χ2n) is 9.32. The van der Waals surface area contributed by atoms with Gasteiger partial charge in [-0.05, 0) is 61.6 Å². The Bertz CT molecular complexity index is 1160. The summed E-state index contributed by atoms with van der Waals surface area (Å²) in [6, 6.07) is 12.0. The summed E-state index contributed by atoms with van der Waals surface area (Å²) in [5, 5.41) is 19.0. The Kier molecular flexibility index (Phi) is 6.40. The quantitative estimate of drug-likeness (QED) is 0.441. The highest BCUT2D eigenvalue weighted by Gasteiger charge is 2.49. The number of pyridine rings is 1. The van der Waals surface area contributed by atoms with E-state index in [1.54, 1.807) is 25.2 Å². The fourth-order valence-corrected chi connectivity index (χ4v) is 4.96. The van der Waals surface area contributed by atoms with Gasteiger partial charge in [0.1, 0.15) is 17.3 Å². The first-order chi connectivity index (χ1) is 16.9. The number of hydrogen-bond acceptors (Lipinski definition) is 8. The van der Waals surface area contributed by atoms with Gasteiger partial charge in [-0.25, -0.2) is 14.2 Å². The number of ether oxygens (including phenoxy) is 1. The maximum absolute atomic E-state index is 13.2. The summed E-state index contributed by atoms with van der Waals surface area (Å²) in [6.45, 7) is 1.77. The van der Waals surface area contributed by atoms with Crippen molar-refractivity contribution in [3.63, 3.8) is 0 Å². The van der Waals surface area contributed by atoms with Crippen molar-refractivity contribution in [2.75, 3.05) is 25.0 Å². The van der Waals surface area contributed by atoms with Crippen LogP contribution in [0.2, 0.25) is 0 Å². The van der Waals surface area contributed by atoms with E-state index in [2.05, 4.69) is 25.7 Å². The van der Waals surface area contributed by atoms with E-state index < -0.39 is 12.3 Å². The minimum atomic E-state index is -0.929. The van der Waals surface area contributed by atoms with E-state index in [1.165, 1.54) is 12.1 Å². The molecular formula is C25H28FN5O4. The minimum absolute atomic E-state index is 0.0551. The van der Waals surface area contributed by atoms with Crippen LogP contribution in [0, 0.1) is 11.2 Å². The smallest absolute Gasteiger partial charge is 0.407 e. The van der Waals surface area contributed by atoms with Gasteiger partial charge in [-0.3, -0.25) is 5.32 Å². The molecule has 1 atom stereocenters. The normalized spacial score (nSPS) is 22.1. The molecule has 1 amide bonds. The molecule has 2 aromatic heterocycles. The number of aromatic nitrogens is 2. The van der Waals surface area contributed by atoms with Crippen LogP contribution in [0.15, 0.2) is 53.2 Å². The van der Waals surface area contributed by atoms with Crippen LogP contribution in [0.4, 0.5) is 15.0 Å². The Labute approximate surface area is 202 Å². The van der Waals surface area contributed by atoms with Gasteiger partial charge in [-0.15, -0.1) is 0 Å². The molecule has 2 aliphatic rings. The van der Waals surface area contributed by atoms with Crippen molar-refractivity contribution < 1.29 is 23.6 Å². The molecule has 1 spiro atoms. The predicted molar refractivity (Wildman–Crippen MR) is 126 cm³/mol. The van der Waals surface area contributed by atoms with E-state index in [-0.39, 0.29) is 23.9 Å². The molecule has 1 saturated heterocycles. The van der Waals surface area contributed by atoms with E-state index in [9.17, 15) is 14.3 Å². The molecule has 2 fully saturated rings. The number of rotatable bonds is 7. The highest BCUT2D eigenvalue weighted by atomic mass is 19.1. The maximum atomic E-state index is 13.2. The molecule has 0 radical (unpaired) electrons. The molecule has 1 aliphatic carbocycles. The summed E-state index contributed by atoms with van der Waals surface area (Å²) in [5.74, 6) is 1.04. The number of nitrogens with zero attached hydrogens (tertiary/aromatic N) is 3. The van der Waals surface area contributed by atoms with Crippen LogP contribution < -0.4 is 15.5 Å². The van der Waals surface area contributed by atoms with Gasteiger partial charge in [0.05, 0.1) is 0 Å². The standard InChI is InChI=1S/C25H28FN5O4/c1-27-23(32)21-10-20(35-30-21)14-34-24(33)29-19-11-25(12-19)8-9-31(15-25)22-7-4-17(13-28-22)16-2-5-18(26)6-3-16/h2-7,10,13,19,23,27,32H,8-9,11-12,14-15H2,1H3,(H,29,33). The molecule has 9 nitrogen and oxygen atoms in total. The molecule has 3 heterocycles. The van der Waals surface area contributed by atoms with E-state index in [1.807, 2.05) is 18.3 Å². The van der Waals surface area contributed by atoms with Crippen LogP contribution in [0.1, 0.15) is 36.9 Å². The Morgan fingerprint density at radius 2 is 2.06 bits per heavy atom. The van der Waals surface area contributed by atoms with Crippen molar-refractivity contribution in [1.29, 1.82) is 0 Å². The van der Waals surface area contributed by atoms with Gasteiger partial charge in [0.15, 0.2) is 18.6 Å². The molecule has 1 saturated carbocycles. The molecule has 0 bridgehead atoms. The van der Waals surface area contributed by atoms with Crippen LogP contribution in [-0.2, 0) is 11.3 Å². The van der Waals surface area contributed by atoms with Gasteiger partial charge < -0.3 is 24.6 Å². The Morgan fingerprint density at radius 1 is 1.29 bits per heavy atom. The van der Waals surface area contributed by atoms with Gasteiger partial charge in [0.2, 0.25) is 0 Å². The Balaban J connectivity index is 1.07. The lowest BCUT2D eigenvalue weighted by Crippen LogP contribution is -2.52. The van der Waals surface area contributed by atoms with Gasteiger partial charge in [-0.2, -0.15) is 0 Å². The molecule has 184 valence electrons. The third-order valence-electron chi connectivity index (χ3n) is 6.84. The number of halogens is 1.